The van der Waals surface area contributed by atoms with Crippen LogP contribution in [-0.2, 0) is 0 Å². The number of hydrogen-bond donors (Lipinski definition) is 2. The van der Waals surface area contributed by atoms with E-state index in [1.54, 1.807) is 0 Å². The van der Waals surface area contributed by atoms with Crippen molar-refractivity contribution in [2.24, 2.45) is 0 Å². The highest BCUT2D eigenvalue weighted by Gasteiger charge is 2.22. The van der Waals surface area contributed by atoms with Gasteiger partial charge in [0.05, 0.1) is 5.56 Å². The quantitative estimate of drug-likeness (QED) is 0.763. The van der Waals surface area contributed by atoms with Gasteiger partial charge < -0.3 is 5.32 Å². The number of benzene rings is 1. The standard InChI is InChI=1S/C11H9F2N3OS2/c12-6-1-2-7(8(13)5-6)9(17)15-11(19)16-4-3-14-10(16)18/h1-2,5H,3-4H2,(H,14,18)(H,15,17,19). The number of nitrogens with zero attached hydrogens (tertiary/aromatic N) is 1. The van der Waals surface area contributed by atoms with Crippen molar-refractivity contribution in [2.45, 2.75) is 0 Å². The van der Waals surface area contributed by atoms with E-state index in [9.17, 15) is 13.6 Å². The Labute approximate surface area is 118 Å². The van der Waals surface area contributed by atoms with E-state index in [-0.39, 0.29) is 10.7 Å². The first-order valence-electron chi connectivity index (χ1n) is 5.35. The Bertz CT molecular complexity index is 565. The van der Waals surface area contributed by atoms with E-state index in [2.05, 4.69) is 10.6 Å². The fourth-order valence-corrected chi connectivity index (χ4v) is 2.19. The molecule has 2 N–H and O–H groups in total. The van der Waals surface area contributed by atoms with Crippen LogP contribution < -0.4 is 10.6 Å². The molecule has 0 radical (unpaired) electrons. The number of nitrogens with one attached hydrogen (secondary N) is 2. The number of carbonyl (C=O) groups excluding carboxylic acids is 1. The fourth-order valence-electron chi connectivity index (χ4n) is 1.57. The van der Waals surface area contributed by atoms with Gasteiger partial charge in [-0.3, -0.25) is 15.0 Å². The molecule has 1 aromatic carbocycles. The number of halogens is 2. The third-order valence-corrected chi connectivity index (χ3v) is 3.19. The molecule has 100 valence electrons. The molecule has 1 saturated heterocycles. The van der Waals surface area contributed by atoms with E-state index in [1.165, 1.54) is 4.90 Å². The lowest BCUT2D eigenvalue weighted by atomic mass is 10.2. The zero-order chi connectivity index (χ0) is 14.0. The largest absolute Gasteiger partial charge is 0.360 e. The van der Waals surface area contributed by atoms with Crippen LogP contribution in [0.1, 0.15) is 10.4 Å². The molecule has 0 unspecified atom stereocenters. The molecule has 0 atom stereocenters. The van der Waals surface area contributed by atoms with Gasteiger partial charge in [-0.1, -0.05) is 0 Å². The van der Waals surface area contributed by atoms with Crippen LogP contribution in [0.4, 0.5) is 8.78 Å². The molecule has 1 heterocycles. The molecule has 4 nitrogen and oxygen atoms in total. The molecule has 19 heavy (non-hydrogen) atoms. The number of thiocarbonyl (C=S) groups is 2. The van der Waals surface area contributed by atoms with E-state index in [1.807, 2.05) is 0 Å². The molecule has 0 bridgehead atoms. The lowest BCUT2D eigenvalue weighted by Crippen LogP contribution is -2.44. The summed E-state index contributed by atoms with van der Waals surface area (Å²) in [6.45, 7) is 1.16. The van der Waals surface area contributed by atoms with Crippen LogP contribution in [0.5, 0.6) is 0 Å². The second-order valence-corrected chi connectivity index (χ2v) is 4.54. The third kappa shape index (κ3) is 3.02. The van der Waals surface area contributed by atoms with Gasteiger partial charge >= 0.3 is 0 Å². The highest BCUT2D eigenvalue weighted by molar-refractivity contribution is 7.81. The average Bonchev–Trinajstić information content (AvgIpc) is 2.75. The van der Waals surface area contributed by atoms with Gasteiger partial charge in [0.2, 0.25) is 0 Å². The maximum atomic E-state index is 13.4. The minimum atomic E-state index is -0.942. The topological polar surface area (TPSA) is 44.4 Å². The van der Waals surface area contributed by atoms with Gasteiger partial charge in [0.1, 0.15) is 11.6 Å². The Morgan fingerprint density at radius 3 is 2.74 bits per heavy atom. The number of amides is 1. The first kappa shape index (κ1) is 13.8. The predicted octanol–water partition coefficient (Wildman–Crippen LogP) is 1.17. The van der Waals surface area contributed by atoms with Crippen molar-refractivity contribution in [1.29, 1.82) is 0 Å². The molecule has 0 saturated carbocycles. The summed E-state index contributed by atoms with van der Waals surface area (Å²) in [4.78, 5) is 13.3. The summed E-state index contributed by atoms with van der Waals surface area (Å²) in [6.07, 6.45) is 0. The van der Waals surface area contributed by atoms with Crippen LogP contribution in [0.2, 0.25) is 0 Å². The zero-order valence-corrected chi connectivity index (χ0v) is 11.2. The molecule has 0 aromatic heterocycles. The Morgan fingerprint density at radius 1 is 1.42 bits per heavy atom. The number of carbonyl (C=O) groups is 1. The van der Waals surface area contributed by atoms with Gasteiger partial charge in [-0.05, 0) is 36.6 Å². The maximum Gasteiger partial charge on any atom is 0.260 e. The molecule has 1 amide bonds. The van der Waals surface area contributed by atoms with Crippen molar-refractivity contribution in [1.82, 2.24) is 15.5 Å². The summed E-state index contributed by atoms with van der Waals surface area (Å²) in [5, 5.41) is 5.73. The van der Waals surface area contributed by atoms with Gasteiger partial charge in [0.15, 0.2) is 10.2 Å². The van der Waals surface area contributed by atoms with Gasteiger partial charge in [-0.25, -0.2) is 8.78 Å². The first-order chi connectivity index (χ1) is 8.99. The molecule has 0 aliphatic carbocycles. The second kappa shape index (κ2) is 5.54. The van der Waals surface area contributed by atoms with E-state index >= 15 is 0 Å². The molecule has 2 rings (SSSR count). The molecule has 1 aliphatic rings. The van der Waals surface area contributed by atoms with Crippen LogP contribution in [0.3, 0.4) is 0 Å². The van der Waals surface area contributed by atoms with Crippen molar-refractivity contribution in [3.63, 3.8) is 0 Å². The molecule has 1 aromatic rings. The highest BCUT2D eigenvalue weighted by Crippen LogP contribution is 2.09. The van der Waals surface area contributed by atoms with Gasteiger partial charge in [-0.15, -0.1) is 0 Å². The Kier molecular flexibility index (Phi) is 4.01. The predicted molar refractivity (Wildman–Crippen MR) is 73.7 cm³/mol. The Balaban J connectivity index is 2.08. The monoisotopic (exact) mass is 301 g/mol. The summed E-state index contributed by atoms with van der Waals surface area (Å²) < 4.78 is 26.1. The Hall–Kier alpha value is -1.67. The smallest absolute Gasteiger partial charge is 0.260 e. The molecular weight excluding hydrogens is 292 g/mol. The minimum Gasteiger partial charge on any atom is -0.360 e. The van der Waals surface area contributed by atoms with Crippen LogP contribution in [0, 0.1) is 11.6 Å². The van der Waals surface area contributed by atoms with Gasteiger partial charge in [0, 0.05) is 19.2 Å². The van der Waals surface area contributed by atoms with Crippen molar-refractivity contribution >= 4 is 40.6 Å². The van der Waals surface area contributed by atoms with E-state index in [0.717, 1.165) is 12.1 Å². The van der Waals surface area contributed by atoms with Crippen molar-refractivity contribution in [3.05, 3.63) is 35.4 Å². The number of rotatable bonds is 1. The zero-order valence-electron chi connectivity index (χ0n) is 9.57. The van der Waals surface area contributed by atoms with Crippen LogP contribution in [0.25, 0.3) is 0 Å². The van der Waals surface area contributed by atoms with Crippen LogP contribution >= 0.6 is 24.4 Å². The van der Waals surface area contributed by atoms with E-state index < -0.39 is 17.5 Å². The third-order valence-electron chi connectivity index (χ3n) is 2.50. The molecule has 8 heteroatoms. The van der Waals surface area contributed by atoms with E-state index in [0.29, 0.717) is 24.3 Å². The lowest BCUT2D eigenvalue weighted by molar-refractivity contribution is 0.0971. The lowest BCUT2D eigenvalue weighted by Gasteiger charge is -2.17. The Morgan fingerprint density at radius 2 is 2.16 bits per heavy atom. The summed E-state index contributed by atoms with van der Waals surface area (Å²) in [5.41, 5.74) is -0.276. The maximum absolute atomic E-state index is 13.4. The van der Waals surface area contributed by atoms with Crippen LogP contribution in [-0.4, -0.2) is 34.1 Å². The molecule has 1 aliphatic heterocycles. The fraction of sp³-hybridized carbons (Fsp3) is 0.182. The SMILES string of the molecule is O=C(NC(=S)N1CCNC1=S)c1ccc(F)cc1F. The summed E-state index contributed by atoms with van der Waals surface area (Å²) in [6, 6.07) is 2.70. The first-order valence-corrected chi connectivity index (χ1v) is 6.16. The number of hydrogen-bond acceptors (Lipinski definition) is 3. The van der Waals surface area contributed by atoms with Crippen molar-refractivity contribution in [3.8, 4) is 0 Å². The highest BCUT2D eigenvalue weighted by atomic mass is 32.1. The molecular formula is C11H9F2N3OS2. The van der Waals surface area contributed by atoms with E-state index in [4.69, 9.17) is 24.4 Å². The van der Waals surface area contributed by atoms with Gasteiger partial charge in [0.25, 0.3) is 5.91 Å². The summed E-state index contributed by atoms with van der Waals surface area (Å²) >= 11 is 9.99. The van der Waals surface area contributed by atoms with Crippen molar-refractivity contribution in [2.75, 3.05) is 13.1 Å². The summed E-state index contributed by atoms with van der Waals surface area (Å²) in [7, 11) is 0. The van der Waals surface area contributed by atoms with Crippen molar-refractivity contribution < 1.29 is 13.6 Å². The molecule has 1 fully saturated rings. The second-order valence-electron chi connectivity index (χ2n) is 3.77. The summed E-state index contributed by atoms with van der Waals surface area (Å²) in [5.74, 6) is -2.43. The van der Waals surface area contributed by atoms with Crippen LogP contribution in [0.15, 0.2) is 18.2 Å². The molecule has 0 spiro atoms. The van der Waals surface area contributed by atoms with Gasteiger partial charge in [-0.2, -0.15) is 0 Å². The minimum absolute atomic E-state index is 0.0868. The normalized spacial score (nSPS) is 14.2. The average molecular weight is 301 g/mol.